The van der Waals surface area contributed by atoms with Gasteiger partial charge in [-0.1, -0.05) is 68.1 Å². The van der Waals surface area contributed by atoms with Crippen molar-refractivity contribution in [3.8, 4) is 5.75 Å². The maximum absolute atomic E-state index is 12.2. The van der Waals surface area contributed by atoms with Crippen LogP contribution in [0.15, 0.2) is 59.2 Å². The zero-order valence-electron chi connectivity index (χ0n) is 37.4. The first kappa shape index (κ1) is 47.8. The van der Waals surface area contributed by atoms with Crippen LogP contribution < -0.4 is 21.5 Å². The van der Waals surface area contributed by atoms with Gasteiger partial charge in [0, 0.05) is 62.8 Å². The Labute approximate surface area is 379 Å². The van der Waals surface area contributed by atoms with Crippen molar-refractivity contribution in [2.45, 2.75) is 121 Å². The van der Waals surface area contributed by atoms with E-state index in [-0.39, 0.29) is 66.9 Å². The molecule has 6 N–H and O–H groups in total. The van der Waals surface area contributed by atoms with Gasteiger partial charge in [-0.2, -0.15) is 4.99 Å². The van der Waals surface area contributed by atoms with Gasteiger partial charge < -0.3 is 25.8 Å². The Balaban J connectivity index is 0.000000178. The fourth-order valence-electron chi connectivity index (χ4n) is 10.9. The number of aryl methyl sites for hydroxylation is 1. The standard InChI is InChI=1S/C24H32O4S.C19H20N2O3S.C4H11N5/c1-14(25)29-19-13-15-12-16(26)4-8-22(15,2)17-5-9-23(3)18(21(17)19)6-10-24(23)11-7-20(27)28-24;1-2-13-3-6-15(20-12-13)9-10-24-16-7-4-14(5-8-16)11-17-18(22)21-19(23)25-17;1-9(2)4(7)8-3(5)6/h12,17-19,21H,4-11,13H2,1-3H3;3-8,12,17H,2,9-11H2,1H3,(H,21,22,23);1-2H3,(H5,5,6,7,8)/t17-,18-,19+,21+,22-,23-,24+;;/m0../s1. The molecule has 63 heavy (non-hydrogen) atoms. The molecule has 2 aromatic rings. The lowest BCUT2D eigenvalue weighted by molar-refractivity contribution is -0.167. The average molecular weight is 902 g/mol. The lowest BCUT2D eigenvalue weighted by atomic mass is 9.46. The number of guanidine groups is 2. The molecule has 16 heteroatoms. The van der Waals surface area contributed by atoms with Crippen LogP contribution in [0.5, 0.6) is 5.75 Å². The van der Waals surface area contributed by atoms with Gasteiger partial charge in [0.25, 0.3) is 5.24 Å². The molecule has 3 saturated carbocycles. The SMILES string of the molecule is CC(=O)S[C@@H]1CC2=CC(=O)CC[C@]2(C)[C@H]2CC[C@@]3(C)[C@@H](CC[C@@]34CCC(=O)O4)[C@H]12.CCc1ccc(CCOc2ccc(CC3SC(=O)NC3=O)cc2)nc1.CN(C)C(N)=NC(=N)N. The number of thioether (sulfide) groups is 2. The van der Waals surface area contributed by atoms with Gasteiger partial charge in [0.05, 0.1) is 11.9 Å². The Morgan fingerprint density at radius 2 is 1.73 bits per heavy atom. The van der Waals surface area contributed by atoms with E-state index < -0.39 is 0 Å². The predicted octanol–water partition coefficient (Wildman–Crippen LogP) is 6.77. The molecule has 6 aliphatic rings. The molecule has 0 radical (unpaired) electrons. The Morgan fingerprint density at radius 1 is 1.02 bits per heavy atom. The van der Waals surface area contributed by atoms with Gasteiger partial charge >= 0.3 is 5.97 Å². The molecule has 1 aromatic heterocycles. The number of pyridine rings is 1. The number of nitrogens with two attached hydrogens (primary N) is 2. The third kappa shape index (κ3) is 10.8. The van der Waals surface area contributed by atoms with Crippen LogP contribution in [-0.2, 0) is 43.2 Å². The number of esters is 1. The van der Waals surface area contributed by atoms with E-state index in [1.807, 2.05) is 42.6 Å². The van der Waals surface area contributed by atoms with Crippen LogP contribution in [0.4, 0.5) is 4.79 Å². The van der Waals surface area contributed by atoms with E-state index in [2.05, 4.69) is 42.1 Å². The van der Waals surface area contributed by atoms with Crippen LogP contribution in [0, 0.1) is 34.0 Å². The van der Waals surface area contributed by atoms with Gasteiger partial charge in [-0.05, 0) is 116 Å². The van der Waals surface area contributed by atoms with Crippen LogP contribution in [0.25, 0.3) is 0 Å². The largest absolute Gasteiger partial charge is 0.493 e. The number of amides is 2. The summed E-state index contributed by atoms with van der Waals surface area (Å²) in [7, 11) is 3.45. The molecule has 1 unspecified atom stereocenters. The van der Waals surface area contributed by atoms with Crippen molar-refractivity contribution in [2.24, 2.45) is 45.0 Å². The average Bonchev–Trinajstić information content (AvgIpc) is 3.88. The van der Waals surface area contributed by atoms with Gasteiger partial charge in [0.1, 0.15) is 11.4 Å². The summed E-state index contributed by atoms with van der Waals surface area (Å²) < 4.78 is 11.8. The molecule has 1 aromatic carbocycles. The van der Waals surface area contributed by atoms with Gasteiger partial charge in [-0.15, -0.1) is 0 Å². The van der Waals surface area contributed by atoms with Gasteiger partial charge in [-0.3, -0.25) is 39.7 Å². The predicted molar refractivity (Wildman–Crippen MR) is 247 cm³/mol. The second-order valence-corrected chi connectivity index (χ2v) is 20.8. The first-order valence-electron chi connectivity index (χ1n) is 22.0. The number of rotatable bonds is 8. The number of fused-ring (bicyclic) bond motifs is 6. The summed E-state index contributed by atoms with van der Waals surface area (Å²) >= 11 is 2.55. The van der Waals surface area contributed by atoms with E-state index in [9.17, 15) is 24.0 Å². The second kappa shape index (κ2) is 20.0. The van der Waals surface area contributed by atoms with Crippen molar-refractivity contribution in [2.75, 3.05) is 20.7 Å². The van der Waals surface area contributed by atoms with Gasteiger partial charge in [-0.25, -0.2) is 0 Å². The maximum atomic E-state index is 12.2. The van der Waals surface area contributed by atoms with E-state index in [1.54, 1.807) is 25.9 Å². The van der Waals surface area contributed by atoms with Crippen molar-refractivity contribution in [3.63, 3.8) is 0 Å². The number of aromatic nitrogens is 1. The summed E-state index contributed by atoms with van der Waals surface area (Å²) in [6, 6.07) is 11.8. The molecule has 2 saturated heterocycles. The Kier molecular flexibility index (Phi) is 15.2. The number of hydrogen-bond donors (Lipinski definition) is 4. The lowest BCUT2D eigenvalue weighted by Gasteiger charge is -2.61. The van der Waals surface area contributed by atoms with Crippen LogP contribution in [0.1, 0.15) is 102 Å². The normalized spacial score (nSPS) is 30.6. The summed E-state index contributed by atoms with van der Waals surface area (Å²) in [4.78, 5) is 68.6. The highest BCUT2D eigenvalue weighted by Gasteiger charge is 2.68. The lowest BCUT2D eigenvalue weighted by Crippen LogP contribution is -2.57. The number of benzene rings is 1. The molecule has 340 valence electrons. The monoisotopic (exact) mass is 901 g/mol. The highest BCUT2D eigenvalue weighted by atomic mass is 32.2. The van der Waals surface area contributed by atoms with Crippen molar-refractivity contribution in [3.05, 3.63) is 71.1 Å². The van der Waals surface area contributed by atoms with Gasteiger partial charge in [0.15, 0.2) is 16.9 Å². The molecule has 0 bridgehead atoms. The molecular weight excluding hydrogens is 839 g/mol. The van der Waals surface area contributed by atoms with E-state index in [0.29, 0.717) is 43.6 Å². The summed E-state index contributed by atoms with van der Waals surface area (Å²) in [5.41, 5.74) is 14.5. The highest BCUT2D eigenvalue weighted by molar-refractivity contribution is 8.15. The van der Waals surface area contributed by atoms with Crippen LogP contribution in [0.2, 0.25) is 0 Å². The number of ether oxygens (including phenoxy) is 2. The minimum atomic E-state index is -0.337. The Bertz CT molecular complexity index is 2130. The van der Waals surface area contributed by atoms with Crippen molar-refractivity contribution < 1.29 is 33.4 Å². The summed E-state index contributed by atoms with van der Waals surface area (Å²) in [6.45, 7) is 9.09. The molecule has 2 aliphatic heterocycles. The number of carbonyl (C=O) groups excluding carboxylic acids is 5. The first-order valence-corrected chi connectivity index (χ1v) is 23.8. The smallest absolute Gasteiger partial charge is 0.306 e. The second-order valence-electron chi connectivity index (χ2n) is 18.2. The van der Waals surface area contributed by atoms with Crippen molar-refractivity contribution in [1.29, 1.82) is 5.41 Å². The number of ketones is 1. The molecule has 8 rings (SSSR count). The number of hydrogen-bond acceptors (Lipinski definition) is 11. The minimum absolute atomic E-state index is 0.0119. The van der Waals surface area contributed by atoms with Crippen molar-refractivity contribution in [1.82, 2.24) is 15.2 Å². The molecule has 5 fully saturated rings. The van der Waals surface area contributed by atoms with E-state index in [1.165, 1.54) is 22.9 Å². The maximum Gasteiger partial charge on any atom is 0.306 e. The molecule has 1 spiro atoms. The number of allylic oxidation sites excluding steroid dienone is 1. The number of aliphatic imine (C=N–C) groups is 1. The van der Waals surface area contributed by atoms with Crippen LogP contribution in [-0.4, -0.2) is 86.6 Å². The van der Waals surface area contributed by atoms with Gasteiger partial charge in [0.2, 0.25) is 11.9 Å². The molecule has 14 nitrogen and oxygen atoms in total. The summed E-state index contributed by atoms with van der Waals surface area (Å²) in [5.74, 6) is 2.21. The quantitative estimate of drug-likeness (QED) is 0.122. The molecule has 3 heterocycles. The highest BCUT2D eigenvalue weighted by Crippen LogP contribution is 2.70. The van der Waals surface area contributed by atoms with E-state index in [0.717, 1.165) is 86.6 Å². The van der Waals surface area contributed by atoms with E-state index >= 15 is 0 Å². The van der Waals surface area contributed by atoms with E-state index in [4.69, 9.17) is 26.4 Å². The molecule has 4 aliphatic carbocycles. The summed E-state index contributed by atoms with van der Waals surface area (Å²) in [6.07, 6.45) is 14.2. The topological polar surface area (TPSA) is 220 Å². The number of nitrogens with one attached hydrogen (secondary N) is 2. The summed E-state index contributed by atoms with van der Waals surface area (Å²) in [5, 5.41) is 8.81. The minimum Gasteiger partial charge on any atom is -0.493 e. The Morgan fingerprint density at radius 3 is 2.30 bits per heavy atom. The van der Waals surface area contributed by atoms with Crippen LogP contribution >= 0.6 is 23.5 Å². The number of imide groups is 1. The zero-order valence-corrected chi connectivity index (χ0v) is 39.0. The third-order valence-electron chi connectivity index (χ3n) is 14.3. The third-order valence-corrected chi connectivity index (χ3v) is 16.4. The Hall–Kier alpha value is -4.70. The van der Waals surface area contributed by atoms with Crippen molar-refractivity contribution >= 4 is 63.5 Å². The number of carbonyl (C=O) groups is 5. The molecule has 8 atom stereocenters. The number of nitrogens with zero attached hydrogens (tertiary/aromatic N) is 3. The fourth-order valence-corrected chi connectivity index (χ4v) is 13.0. The molecular formula is C47H63N7O7S2. The molecule has 2 amide bonds. The fraction of sp³-hybridized carbons (Fsp3) is 0.574. The zero-order chi connectivity index (χ0) is 45.7. The van der Waals surface area contributed by atoms with Crippen LogP contribution in [0.3, 0.4) is 0 Å². The first-order chi connectivity index (χ1) is 29.9.